The van der Waals surface area contributed by atoms with Crippen molar-refractivity contribution in [2.45, 2.75) is 38.5 Å². The molecule has 0 atom stereocenters. The maximum atomic E-state index is 12.0. The van der Waals surface area contributed by atoms with Crippen LogP contribution in [-0.4, -0.2) is 33.5 Å². The standard InChI is InChI=1S/C17H19N3O3S/c21-16(13-8-7-11(10-19-13)17(22)23)18-9-3-6-15-20-12-4-1-2-5-14(12)24-15/h7-8,10H,1-6,9H2,(H,18,21)(H,22,23). The van der Waals surface area contributed by atoms with E-state index < -0.39 is 5.97 Å². The predicted molar refractivity (Wildman–Crippen MR) is 90.6 cm³/mol. The molecule has 1 aliphatic rings. The van der Waals surface area contributed by atoms with Crippen molar-refractivity contribution in [1.82, 2.24) is 15.3 Å². The van der Waals surface area contributed by atoms with Gasteiger partial charge in [-0.2, -0.15) is 0 Å². The van der Waals surface area contributed by atoms with Gasteiger partial charge in [0.15, 0.2) is 0 Å². The Morgan fingerprint density at radius 2 is 2.08 bits per heavy atom. The second-order valence-corrected chi connectivity index (χ2v) is 6.95. The summed E-state index contributed by atoms with van der Waals surface area (Å²) in [4.78, 5) is 32.7. The minimum Gasteiger partial charge on any atom is -0.478 e. The normalized spacial score (nSPS) is 13.3. The lowest BCUT2D eigenvalue weighted by Crippen LogP contribution is -2.25. The number of nitrogens with one attached hydrogen (secondary N) is 1. The smallest absolute Gasteiger partial charge is 0.337 e. The number of carboxylic acids is 1. The first-order chi connectivity index (χ1) is 11.6. The van der Waals surface area contributed by atoms with Gasteiger partial charge in [-0.1, -0.05) is 0 Å². The van der Waals surface area contributed by atoms with Gasteiger partial charge >= 0.3 is 5.97 Å². The van der Waals surface area contributed by atoms with E-state index in [2.05, 4.69) is 15.3 Å². The molecule has 0 saturated carbocycles. The molecule has 2 aromatic heterocycles. The van der Waals surface area contributed by atoms with Crippen molar-refractivity contribution in [3.05, 3.63) is 45.2 Å². The highest BCUT2D eigenvalue weighted by molar-refractivity contribution is 7.11. The molecule has 0 radical (unpaired) electrons. The van der Waals surface area contributed by atoms with Gasteiger partial charge in [-0.15, -0.1) is 11.3 Å². The van der Waals surface area contributed by atoms with Gasteiger partial charge in [-0.25, -0.2) is 9.78 Å². The number of hydrogen-bond donors (Lipinski definition) is 2. The van der Waals surface area contributed by atoms with Gasteiger partial charge in [0.1, 0.15) is 5.69 Å². The van der Waals surface area contributed by atoms with E-state index in [0.29, 0.717) is 6.54 Å². The number of aryl methyl sites for hydroxylation is 3. The second-order valence-electron chi connectivity index (χ2n) is 5.78. The number of thiazole rings is 1. The first-order valence-corrected chi connectivity index (χ1v) is 8.90. The van der Waals surface area contributed by atoms with Crippen molar-refractivity contribution in [2.24, 2.45) is 0 Å². The van der Waals surface area contributed by atoms with Crippen LogP contribution in [0.3, 0.4) is 0 Å². The highest BCUT2D eigenvalue weighted by Gasteiger charge is 2.15. The van der Waals surface area contributed by atoms with Crippen LogP contribution in [-0.2, 0) is 19.3 Å². The summed E-state index contributed by atoms with van der Waals surface area (Å²) >= 11 is 1.80. The van der Waals surface area contributed by atoms with Gasteiger partial charge in [0.05, 0.1) is 16.3 Å². The molecule has 0 aliphatic heterocycles. The van der Waals surface area contributed by atoms with Gasteiger partial charge in [0.25, 0.3) is 5.91 Å². The van der Waals surface area contributed by atoms with Gasteiger partial charge in [0.2, 0.25) is 0 Å². The van der Waals surface area contributed by atoms with Crippen LogP contribution in [0.5, 0.6) is 0 Å². The fourth-order valence-corrected chi connectivity index (χ4v) is 3.90. The van der Waals surface area contributed by atoms with Crippen molar-refractivity contribution in [3.8, 4) is 0 Å². The predicted octanol–water partition coefficient (Wildman–Crippen LogP) is 2.48. The molecule has 24 heavy (non-hydrogen) atoms. The average molecular weight is 345 g/mol. The summed E-state index contributed by atoms with van der Waals surface area (Å²) in [6, 6.07) is 2.80. The van der Waals surface area contributed by atoms with Crippen LogP contribution < -0.4 is 5.32 Å². The number of hydrogen-bond acceptors (Lipinski definition) is 5. The Morgan fingerprint density at radius 1 is 1.25 bits per heavy atom. The summed E-state index contributed by atoms with van der Waals surface area (Å²) in [7, 11) is 0. The molecule has 1 amide bonds. The van der Waals surface area contributed by atoms with Crippen LogP contribution in [0.25, 0.3) is 0 Å². The molecule has 2 aromatic rings. The quantitative estimate of drug-likeness (QED) is 0.785. The molecule has 2 N–H and O–H groups in total. The molecule has 0 aromatic carbocycles. The number of carbonyl (C=O) groups excluding carboxylic acids is 1. The molecule has 126 valence electrons. The van der Waals surface area contributed by atoms with E-state index in [1.54, 1.807) is 11.3 Å². The number of pyridine rings is 1. The zero-order chi connectivity index (χ0) is 16.9. The number of carboxylic acid groups (broad SMARTS) is 1. The fourth-order valence-electron chi connectivity index (χ4n) is 2.70. The van der Waals surface area contributed by atoms with Crippen molar-refractivity contribution in [1.29, 1.82) is 0 Å². The third-order valence-corrected chi connectivity index (χ3v) is 5.20. The zero-order valence-electron chi connectivity index (χ0n) is 13.2. The molecule has 1 aliphatic carbocycles. The lowest BCUT2D eigenvalue weighted by molar-refractivity contribution is 0.0695. The summed E-state index contributed by atoms with van der Waals surface area (Å²) in [5.41, 5.74) is 1.57. The maximum absolute atomic E-state index is 12.0. The van der Waals surface area contributed by atoms with Crippen LogP contribution in [0, 0.1) is 0 Å². The number of fused-ring (bicyclic) bond motifs is 1. The van der Waals surface area contributed by atoms with E-state index in [0.717, 1.165) is 30.7 Å². The topological polar surface area (TPSA) is 92.2 Å². The number of rotatable bonds is 6. The minimum absolute atomic E-state index is 0.0688. The Morgan fingerprint density at radius 3 is 2.79 bits per heavy atom. The molecule has 0 fully saturated rings. The molecular weight excluding hydrogens is 326 g/mol. The van der Waals surface area contributed by atoms with Crippen molar-refractivity contribution in [2.75, 3.05) is 6.54 Å². The average Bonchev–Trinajstić information content (AvgIpc) is 3.01. The van der Waals surface area contributed by atoms with Gasteiger partial charge in [0, 0.05) is 24.0 Å². The Kier molecular flexibility index (Phi) is 5.20. The van der Waals surface area contributed by atoms with E-state index in [1.807, 2.05) is 0 Å². The van der Waals surface area contributed by atoms with E-state index in [-0.39, 0.29) is 17.2 Å². The molecule has 0 spiro atoms. The molecular formula is C17H19N3O3S. The lowest BCUT2D eigenvalue weighted by atomic mass is 10.0. The maximum Gasteiger partial charge on any atom is 0.337 e. The summed E-state index contributed by atoms with van der Waals surface area (Å²) in [5, 5.41) is 12.8. The number of amides is 1. The Bertz CT molecular complexity index is 717. The molecule has 0 saturated heterocycles. The SMILES string of the molecule is O=C(O)c1ccc(C(=O)NCCCc2nc3c(s2)CCCC3)nc1. The number of aromatic carboxylic acids is 1. The summed E-state index contributed by atoms with van der Waals surface area (Å²) < 4.78 is 0. The van der Waals surface area contributed by atoms with E-state index in [1.165, 1.54) is 41.7 Å². The Balaban J connectivity index is 1.45. The van der Waals surface area contributed by atoms with Gasteiger partial charge in [-0.3, -0.25) is 9.78 Å². The van der Waals surface area contributed by atoms with Crippen molar-refractivity contribution < 1.29 is 14.7 Å². The van der Waals surface area contributed by atoms with Crippen LogP contribution in [0.15, 0.2) is 18.3 Å². The largest absolute Gasteiger partial charge is 0.478 e. The first kappa shape index (κ1) is 16.6. The molecule has 2 heterocycles. The summed E-state index contributed by atoms with van der Waals surface area (Å²) in [6.45, 7) is 0.547. The van der Waals surface area contributed by atoms with E-state index >= 15 is 0 Å². The molecule has 7 heteroatoms. The van der Waals surface area contributed by atoms with Crippen LogP contribution in [0.2, 0.25) is 0 Å². The second kappa shape index (κ2) is 7.53. The first-order valence-electron chi connectivity index (χ1n) is 8.08. The summed E-state index contributed by atoms with van der Waals surface area (Å²) in [5.74, 6) is -1.34. The zero-order valence-corrected chi connectivity index (χ0v) is 14.1. The van der Waals surface area contributed by atoms with Gasteiger partial charge in [-0.05, 0) is 44.2 Å². The van der Waals surface area contributed by atoms with Gasteiger partial charge < -0.3 is 10.4 Å². The van der Waals surface area contributed by atoms with E-state index in [4.69, 9.17) is 5.11 Å². The van der Waals surface area contributed by atoms with Crippen LogP contribution >= 0.6 is 11.3 Å². The van der Waals surface area contributed by atoms with Crippen LogP contribution in [0.1, 0.15) is 55.7 Å². The number of carbonyl (C=O) groups is 2. The Labute approximate surface area is 144 Å². The molecule has 0 unspecified atom stereocenters. The fraction of sp³-hybridized carbons (Fsp3) is 0.412. The highest BCUT2D eigenvalue weighted by Crippen LogP contribution is 2.27. The molecule has 3 rings (SSSR count). The van der Waals surface area contributed by atoms with E-state index in [9.17, 15) is 9.59 Å². The lowest BCUT2D eigenvalue weighted by Gasteiger charge is -2.06. The van der Waals surface area contributed by atoms with Crippen molar-refractivity contribution >= 4 is 23.2 Å². The summed E-state index contributed by atoms with van der Waals surface area (Å²) in [6.07, 6.45) is 7.63. The van der Waals surface area contributed by atoms with Crippen molar-refractivity contribution in [3.63, 3.8) is 0 Å². The number of nitrogens with zero attached hydrogens (tertiary/aromatic N) is 2. The molecule has 6 nitrogen and oxygen atoms in total. The molecule has 0 bridgehead atoms. The minimum atomic E-state index is -1.05. The monoisotopic (exact) mass is 345 g/mol. The number of aromatic nitrogens is 2. The third-order valence-electron chi connectivity index (χ3n) is 3.99. The third kappa shape index (κ3) is 3.97. The highest BCUT2D eigenvalue weighted by atomic mass is 32.1. The Hall–Kier alpha value is -2.28. The van der Waals surface area contributed by atoms with Crippen LogP contribution in [0.4, 0.5) is 0 Å².